The SMILES string of the molecule is Cc1[nH]c2ccc(F)c3c2c1C(C(=O)O)CC3. The van der Waals surface area contributed by atoms with Crippen molar-refractivity contribution < 1.29 is 14.3 Å². The van der Waals surface area contributed by atoms with Crippen LogP contribution in [-0.4, -0.2) is 16.1 Å². The molecular weight excluding hydrogens is 221 g/mol. The molecule has 2 aromatic rings. The number of aromatic nitrogens is 1. The van der Waals surface area contributed by atoms with Gasteiger partial charge in [-0.05, 0) is 43.0 Å². The molecule has 0 radical (unpaired) electrons. The molecule has 0 spiro atoms. The maximum atomic E-state index is 13.7. The molecule has 17 heavy (non-hydrogen) atoms. The number of carbonyl (C=O) groups is 1. The summed E-state index contributed by atoms with van der Waals surface area (Å²) in [6.07, 6.45) is 0.960. The van der Waals surface area contributed by atoms with Gasteiger partial charge in [0, 0.05) is 16.6 Å². The number of carboxylic acids is 1. The van der Waals surface area contributed by atoms with Crippen molar-refractivity contribution in [3.05, 3.63) is 34.8 Å². The maximum absolute atomic E-state index is 13.7. The summed E-state index contributed by atoms with van der Waals surface area (Å²) in [5.41, 5.74) is 3.08. The first-order valence-corrected chi connectivity index (χ1v) is 5.62. The smallest absolute Gasteiger partial charge is 0.311 e. The first-order valence-electron chi connectivity index (χ1n) is 5.62. The van der Waals surface area contributed by atoms with Crippen LogP contribution in [0.25, 0.3) is 10.9 Å². The van der Waals surface area contributed by atoms with E-state index >= 15 is 0 Å². The van der Waals surface area contributed by atoms with E-state index in [0.717, 1.165) is 22.2 Å². The first-order chi connectivity index (χ1) is 8.09. The number of aryl methyl sites for hydroxylation is 2. The molecule has 1 aliphatic rings. The third-order valence-electron chi connectivity index (χ3n) is 3.58. The lowest BCUT2D eigenvalue weighted by molar-refractivity contribution is -0.139. The molecule has 3 rings (SSSR count). The zero-order valence-corrected chi connectivity index (χ0v) is 9.38. The lowest BCUT2D eigenvalue weighted by atomic mass is 9.83. The molecule has 1 aromatic heterocycles. The number of H-pyrrole nitrogens is 1. The molecule has 2 N–H and O–H groups in total. The topological polar surface area (TPSA) is 53.1 Å². The number of aliphatic carboxylic acids is 1. The van der Waals surface area contributed by atoms with Gasteiger partial charge in [0.05, 0.1) is 5.92 Å². The summed E-state index contributed by atoms with van der Waals surface area (Å²) < 4.78 is 13.7. The molecular formula is C13H12FNO2. The highest BCUT2D eigenvalue weighted by atomic mass is 19.1. The molecule has 0 bridgehead atoms. The fourth-order valence-electron chi connectivity index (χ4n) is 2.85. The van der Waals surface area contributed by atoms with Crippen LogP contribution >= 0.6 is 0 Å². The molecule has 4 heteroatoms. The minimum Gasteiger partial charge on any atom is -0.481 e. The number of benzene rings is 1. The minimum atomic E-state index is -0.830. The summed E-state index contributed by atoms with van der Waals surface area (Å²) >= 11 is 0. The molecule has 1 aromatic carbocycles. The van der Waals surface area contributed by atoms with E-state index in [9.17, 15) is 14.3 Å². The molecule has 88 valence electrons. The highest BCUT2D eigenvalue weighted by molar-refractivity contribution is 5.94. The van der Waals surface area contributed by atoms with Crippen LogP contribution in [-0.2, 0) is 11.2 Å². The number of hydrogen-bond acceptors (Lipinski definition) is 1. The fourth-order valence-corrected chi connectivity index (χ4v) is 2.85. The molecule has 0 saturated carbocycles. The van der Waals surface area contributed by atoms with Crippen LogP contribution in [0.2, 0.25) is 0 Å². The summed E-state index contributed by atoms with van der Waals surface area (Å²) in [6.45, 7) is 1.85. The van der Waals surface area contributed by atoms with Crippen LogP contribution in [0.5, 0.6) is 0 Å². The van der Waals surface area contributed by atoms with E-state index in [1.54, 1.807) is 6.07 Å². The standard InChI is InChI=1S/C13H12FNO2/c1-6-11-8(13(16)17)3-2-7-9(14)4-5-10(15-6)12(7)11/h4-5,8,15H,2-3H2,1H3,(H,16,17). The average molecular weight is 233 g/mol. The van der Waals surface area contributed by atoms with Crippen LogP contribution in [0.1, 0.15) is 29.2 Å². The Hall–Kier alpha value is -1.84. The van der Waals surface area contributed by atoms with Gasteiger partial charge in [0.2, 0.25) is 0 Å². The van der Waals surface area contributed by atoms with Crippen molar-refractivity contribution in [3.63, 3.8) is 0 Å². The number of hydrogen-bond donors (Lipinski definition) is 2. The quantitative estimate of drug-likeness (QED) is 0.795. The van der Waals surface area contributed by atoms with Gasteiger partial charge in [-0.15, -0.1) is 0 Å². The van der Waals surface area contributed by atoms with Crippen LogP contribution in [0, 0.1) is 12.7 Å². The second-order valence-electron chi connectivity index (χ2n) is 4.54. The third-order valence-corrected chi connectivity index (χ3v) is 3.58. The molecule has 1 unspecified atom stereocenters. The maximum Gasteiger partial charge on any atom is 0.311 e. The van der Waals surface area contributed by atoms with Gasteiger partial charge in [-0.25, -0.2) is 4.39 Å². The highest BCUT2D eigenvalue weighted by Crippen LogP contribution is 2.39. The minimum absolute atomic E-state index is 0.235. The van der Waals surface area contributed by atoms with Gasteiger partial charge in [-0.1, -0.05) is 0 Å². The van der Waals surface area contributed by atoms with Gasteiger partial charge in [0.25, 0.3) is 0 Å². The second-order valence-corrected chi connectivity index (χ2v) is 4.54. The summed E-state index contributed by atoms with van der Waals surface area (Å²) in [5.74, 6) is -1.58. The average Bonchev–Trinajstić information content (AvgIpc) is 2.62. The van der Waals surface area contributed by atoms with Crippen molar-refractivity contribution in [3.8, 4) is 0 Å². The van der Waals surface area contributed by atoms with Gasteiger partial charge in [-0.2, -0.15) is 0 Å². The fraction of sp³-hybridized carbons (Fsp3) is 0.308. The van der Waals surface area contributed by atoms with Crippen molar-refractivity contribution in [2.75, 3.05) is 0 Å². The van der Waals surface area contributed by atoms with Gasteiger partial charge in [0.1, 0.15) is 5.82 Å². The number of nitrogens with one attached hydrogen (secondary N) is 1. The molecule has 0 fully saturated rings. The predicted molar refractivity (Wildman–Crippen MR) is 61.7 cm³/mol. The van der Waals surface area contributed by atoms with E-state index in [1.165, 1.54) is 6.07 Å². The zero-order chi connectivity index (χ0) is 12.2. The normalized spacial score (nSPS) is 18.6. The van der Waals surface area contributed by atoms with E-state index in [4.69, 9.17) is 0 Å². The summed E-state index contributed by atoms with van der Waals surface area (Å²) in [7, 11) is 0. The van der Waals surface area contributed by atoms with Gasteiger partial charge >= 0.3 is 5.97 Å². The van der Waals surface area contributed by atoms with Crippen molar-refractivity contribution in [2.45, 2.75) is 25.7 Å². The van der Waals surface area contributed by atoms with Gasteiger partial charge in [-0.3, -0.25) is 4.79 Å². The second kappa shape index (κ2) is 3.32. The van der Waals surface area contributed by atoms with Crippen molar-refractivity contribution in [2.24, 2.45) is 0 Å². The van der Waals surface area contributed by atoms with E-state index in [1.807, 2.05) is 6.92 Å². The number of carboxylic acid groups (broad SMARTS) is 1. The Labute approximate surface area is 97.3 Å². The summed E-state index contributed by atoms with van der Waals surface area (Å²) in [5, 5.41) is 10.00. The molecule has 1 aliphatic carbocycles. The Balaban J connectivity index is 2.40. The Bertz CT molecular complexity index is 630. The predicted octanol–water partition coefficient (Wildman–Crippen LogP) is 2.73. The third kappa shape index (κ3) is 1.30. The Morgan fingerprint density at radius 2 is 2.29 bits per heavy atom. The van der Waals surface area contributed by atoms with Gasteiger partial charge < -0.3 is 10.1 Å². The van der Waals surface area contributed by atoms with Crippen molar-refractivity contribution in [1.82, 2.24) is 4.98 Å². The Morgan fingerprint density at radius 1 is 1.53 bits per heavy atom. The Morgan fingerprint density at radius 3 is 3.00 bits per heavy atom. The van der Waals surface area contributed by atoms with E-state index in [-0.39, 0.29) is 5.82 Å². The van der Waals surface area contributed by atoms with Crippen molar-refractivity contribution in [1.29, 1.82) is 0 Å². The zero-order valence-electron chi connectivity index (χ0n) is 9.38. The summed E-state index contributed by atoms with van der Waals surface area (Å²) in [4.78, 5) is 14.4. The van der Waals surface area contributed by atoms with E-state index in [2.05, 4.69) is 4.98 Å². The van der Waals surface area contributed by atoms with E-state index in [0.29, 0.717) is 18.4 Å². The van der Waals surface area contributed by atoms with Crippen LogP contribution in [0.15, 0.2) is 12.1 Å². The number of rotatable bonds is 1. The molecule has 0 amide bonds. The van der Waals surface area contributed by atoms with Crippen LogP contribution in [0.3, 0.4) is 0 Å². The molecule has 0 aliphatic heterocycles. The van der Waals surface area contributed by atoms with Crippen LogP contribution < -0.4 is 0 Å². The van der Waals surface area contributed by atoms with Crippen LogP contribution in [0.4, 0.5) is 4.39 Å². The van der Waals surface area contributed by atoms with Crippen molar-refractivity contribution >= 4 is 16.9 Å². The lowest BCUT2D eigenvalue weighted by Gasteiger charge is -2.20. The monoisotopic (exact) mass is 233 g/mol. The Kier molecular flexibility index (Phi) is 2.02. The first kappa shape index (κ1) is 10.3. The van der Waals surface area contributed by atoms with Gasteiger partial charge in [0.15, 0.2) is 0 Å². The molecule has 3 nitrogen and oxygen atoms in total. The lowest BCUT2D eigenvalue weighted by Crippen LogP contribution is -2.17. The molecule has 1 heterocycles. The number of halogens is 1. The number of aromatic amines is 1. The largest absolute Gasteiger partial charge is 0.481 e. The molecule has 0 saturated heterocycles. The highest BCUT2D eigenvalue weighted by Gasteiger charge is 2.31. The summed E-state index contributed by atoms with van der Waals surface area (Å²) in [6, 6.07) is 3.12. The molecule has 1 atom stereocenters. The van der Waals surface area contributed by atoms with E-state index < -0.39 is 11.9 Å².